The first-order chi connectivity index (χ1) is 9.69. The average Bonchev–Trinajstić information content (AvgIpc) is 2.93. The molecule has 1 unspecified atom stereocenters. The van der Waals surface area contributed by atoms with Gasteiger partial charge in [-0.15, -0.1) is 0 Å². The number of anilines is 1. The summed E-state index contributed by atoms with van der Waals surface area (Å²) in [6.45, 7) is 3.59. The second-order valence-corrected chi connectivity index (χ2v) is 5.06. The van der Waals surface area contributed by atoms with E-state index in [2.05, 4.69) is 15.0 Å². The molecule has 2 aromatic heterocycles. The molecule has 0 saturated carbocycles. The molecule has 0 radical (unpaired) electrons. The molecule has 20 heavy (non-hydrogen) atoms. The molecule has 0 aliphatic carbocycles. The van der Waals surface area contributed by atoms with E-state index in [1.807, 2.05) is 6.92 Å². The van der Waals surface area contributed by atoms with Gasteiger partial charge in [0.25, 0.3) is 0 Å². The monoisotopic (exact) mass is 294 g/mol. The first kappa shape index (κ1) is 13.3. The highest BCUT2D eigenvalue weighted by Crippen LogP contribution is 2.25. The van der Waals surface area contributed by atoms with Crippen molar-refractivity contribution >= 4 is 28.7 Å². The van der Waals surface area contributed by atoms with Crippen LogP contribution >= 0.6 is 11.6 Å². The van der Waals surface area contributed by atoms with Gasteiger partial charge in [-0.1, -0.05) is 18.5 Å². The van der Waals surface area contributed by atoms with E-state index in [4.69, 9.17) is 16.3 Å². The number of ketones is 1. The number of carbonyl (C=O) groups excluding carboxylic acids is 1. The van der Waals surface area contributed by atoms with Crippen LogP contribution in [-0.4, -0.2) is 46.2 Å². The summed E-state index contributed by atoms with van der Waals surface area (Å²) in [6, 6.07) is 1.78. The predicted molar refractivity (Wildman–Crippen MR) is 75.2 cm³/mol. The van der Waals surface area contributed by atoms with Gasteiger partial charge in [0.1, 0.15) is 6.10 Å². The number of hydrogen-bond acceptors (Lipinski definition) is 5. The number of morpholine rings is 1. The molecule has 106 valence electrons. The summed E-state index contributed by atoms with van der Waals surface area (Å²) < 4.78 is 7.18. The predicted octanol–water partition coefficient (Wildman–Crippen LogP) is 1.57. The lowest BCUT2D eigenvalue weighted by molar-refractivity contribution is -0.130. The van der Waals surface area contributed by atoms with Crippen LogP contribution < -0.4 is 4.90 Å². The van der Waals surface area contributed by atoms with Crippen LogP contribution in [0.3, 0.4) is 0 Å². The zero-order valence-corrected chi connectivity index (χ0v) is 11.9. The number of hydrogen-bond donors (Lipinski definition) is 0. The third kappa shape index (κ3) is 2.36. The topological polar surface area (TPSA) is 59.7 Å². The molecule has 1 aliphatic rings. The highest BCUT2D eigenvalue weighted by molar-refractivity contribution is 6.29. The third-order valence-corrected chi connectivity index (χ3v) is 3.61. The molecule has 0 aromatic carbocycles. The lowest BCUT2D eigenvalue weighted by Gasteiger charge is -2.33. The maximum absolute atomic E-state index is 11.8. The van der Waals surface area contributed by atoms with E-state index in [1.54, 1.807) is 23.0 Å². The van der Waals surface area contributed by atoms with Crippen molar-refractivity contribution in [2.45, 2.75) is 19.4 Å². The van der Waals surface area contributed by atoms with E-state index < -0.39 is 0 Å². The molecule has 3 heterocycles. The molecule has 0 bridgehead atoms. The van der Waals surface area contributed by atoms with E-state index in [-0.39, 0.29) is 11.9 Å². The summed E-state index contributed by atoms with van der Waals surface area (Å²) in [5, 5.41) is 4.55. The Kier molecular flexibility index (Phi) is 3.58. The van der Waals surface area contributed by atoms with Crippen molar-refractivity contribution in [1.82, 2.24) is 14.6 Å². The summed E-state index contributed by atoms with van der Waals surface area (Å²) in [7, 11) is 0. The van der Waals surface area contributed by atoms with Crippen LogP contribution in [0.15, 0.2) is 18.5 Å². The Balaban J connectivity index is 1.94. The summed E-state index contributed by atoms with van der Waals surface area (Å²) >= 11 is 6.04. The largest absolute Gasteiger partial charge is 0.367 e. The summed E-state index contributed by atoms with van der Waals surface area (Å²) in [5.74, 6) is 0.120. The molecule has 2 aromatic rings. The van der Waals surface area contributed by atoms with Crippen molar-refractivity contribution in [2.24, 2.45) is 0 Å². The fraction of sp³-hybridized carbons (Fsp3) is 0.462. The molecule has 0 N–H and O–H groups in total. The fourth-order valence-corrected chi connectivity index (χ4v) is 2.58. The van der Waals surface area contributed by atoms with E-state index in [9.17, 15) is 4.79 Å². The van der Waals surface area contributed by atoms with Gasteiger partial charge in [-0.3, -0.25) is 4.79 Å². The number of halogens is 1. The van der Waals surface area contributed by atoms with Crippen LogP contribution in [0.1, 0.15) is 13.3 Å². The number of ether oxygens (including phenoxy) is 1. The molecule has 1 aliphatic heterocycles. The summed E-state index contributed by atoms with van der Waals surface area (Å²) in [6.07, 6.45) is 3.53. The van der Waals surface area contributed by atoms with Gasteiger partial charge in [0.15, 0.2) is 16.6 Å². The lowest BCUT2D eigenvalue weighted by atomic mass is 10.1. The van der Waals surface area contributed by atoms with Crippen molar-refractivity contribution < 1.29 is 9.53 Å². The molecule has 6 nitrogen and oxygen atoms in total. The maximum atomic E-state index is 11.8. The van der Waals surface area contributed by atoms with Crippen molar-refractivity contribution in [3.8, 4) is 0 Å². The van der Waals surface area contributed by atoms with Crippen LogP contribution in [0.5, 0.6) is 0 Å². The lowest BCUT2D eigenvalue weighted by Crippen LogP contribution is -2.46. The number of Topliss-reactive ketones (excluding diaryl/α,β-unsaturated/α-hetero) is 1. The quantitative estimate of drug-likeness (QED) is 0.860. The Morgan fingerprint density at radius 2 is 2.45 bits per heavy atom. The number of rotatable bonds is 3. The van der Waals surface area contributed by atoms with E-state index in [0.29, 0.717) is 31.3 Å². The smallest absolute Gasteiger partial charge is 0.177 e. The first-order valence-corrected chi connectivity index (χ1v) is 6.96. The number of aromatic nitrogens is 3. The number of nitrogens with zero attached hydrogens (tertiary/aromatic N) is 4. The van der Waals surface area contributed by atoms with E-state index in [1.165, 1.54) is 0 Å². The van der Waals surface area contributed by atoms with Crippen molar-refractivity contribution in [3.05, 3.63) is 23.6 Å². The molecule has 0 amide bonds. The van der Waals surface area contributed by atoms with Crippen LogP contribution in [0, 0.1) is 0 Å². The van der Waals surface area contributed by atoms with Gasteiger partial charge < -0.3 is 9.64 Å². The normalized spacial score (nSPS) is 19.5. The minimum absolute atomic E-state index is 0.120. The third-order valence-electron chi connectivity index (χ3n) is 3.42. The Labute approximate surface area is 121 Å². The minimum atomic E-state index is -0.379. The highest BCUT2D eigenvalue weighted by atomic mass is 35.5. The second-order valence-electron chi connectivity index (χ2n) is 4.67. The van der Waals surface area contributed by atoms with Gasteiger partial charge in [0, 0.05) is 31.4 Å². The highest BCUT2D eigenvalue weighted by Gasteiger charge is 2.27. The van der Waals surface area contributed by atoms with Crippen LogP contribution in [0.25, 0.3) is 5.65 Å². The molecule has 1 fully saturated rings. The Bertz CT molecular complexity index is 642. The number of carbonyl (C=O) groups is 1. The molecule has 3 rings (SSSR count). The molecule has 1 atom stereocenters. The molecular weight excluding hydrogens is 280 g/mol. The van der Waals surface area contributed by atoms with Gasteiger partial charge in [-0.05, 0) is 0 Å². The van der Waals surface area contributed by atoms with Crippen molar-refractivity contribution in [3.63, 3.8) is 0 Å². The molecule has 7 heteroatoms. The fourth-order valence-electron chi connectivity index (χ4n) is 2.39. The molecular formula is C13H15ClN4O2. The van der Waals surface area contributed by atoms with Crippen molar-refractivity contribution in [2.75, 3.05) is 24.6 Å². The standard InChI is InChI=1S/C13H15ClN4O2/c1-2-10(19)11-8-17(5-6-20-11)9-7-12(14)16-18-4-3-15-13(9)18/h3-4,7,11H,2,5-6,8H2,1H3. The van der Waals surface area contributed by atoms with Crippen LogP contribution in [-0.2, 0) is 9.53 Å². The zero-order valence-electron chi connectivity index (χ0n) is 11.1. The SMILES string of the molecule is CCC(=O)C1CN(c2cc(Cl)nn3ccnc23)CCO1. The summed E-state index contributed by atoms with van der Waals surface area (Å²) in [4.78, 5) is 18.2. The zero-order chi connectivity index (χ0) is 14.1. The van der Waals surface area contributed by atoms with Crippen molar-refractivity contribution in [1.29, 1.82) is 0 Å². The summed E-state index contributed by atoms with van der Waals surface area (Å²) in [5.41, 5.74) is 1.62. The maximum Gasteiger partial charge on any atom is 0.177 e. The van der Waals surface area contributed by atoms with Gasteiger partial charge in [-0.2, -0.15) is 5.10 Å². The second kappa shape index (κ2) is 5.38. The van der Waals surface area contributed by atoms with Gasteiger partial charge >= 0.3 is 0 Å². The molecule has 1 saturated heterocycles. The van der Waals surface area contributed by atoms with Gasteiger partial charge in [0.05, 0.1) is 18.8 Å². The number of fused-ring (bicyclic) bond motifs is 1. The van der Waals surface area contributed by atoms with Gasteiger partial charge in [0.2, 0.25) is 0 Å². The van der Waals surface area contributed by atoms with Crippen LogP contribution in [0.2, 0.25) is 5.15 Å². The Morgan fingerprint density at radius 1 is 1.60 bits per heavy atom. The van der Waals surface area contributed by atoms with Gasteiger partial charge in [-0.25, -0.2) is 9.50 Å². The van der Waals surface area contributed by atoms with E-state index >= 15 is 0 Å². The Hall–Kier alpha value is -1.66. The molecule has 0 spiro atoms. The Morgan fingerprint density at radius 3 is 3.25 bits per heavy atom. The minimum Gasteiger partial charge on any atom is -0.367 e. The van der Waals surface area contributed by atoms with Crippen LogP contribution in [0.4, 0.5) is 5.69 Å². The number of imidazole rings is 1. The first-order valence-electron chi connectivity index (χ1n) is 6.58. The average molecular weight is 295 g/mol. The van der Waals surface area contributed by atoms with E-state index in [0.717, 1.165) is 11.3 Å².